The van der Waals surface area contributed by atoms with Crippen LogP contribution in [0.1, 0.15) is 0 Å². The van der Waals surface area contributed by atoms with Crippen LogP contribution < -0.4 is 10.6 Å². The van der Waals surface area contributed by atoms with Gasteiger partial charge in [0.05, 0.1) is 0 Å². The van der Waals surface area contributed by atoms with E-state index in [0.717, 1.165) is 0 Å². The van der Waals surface area contributed by atoms with Gasteiger partial charge in [-0.25, -0.2) is 0 Å². The Bertz CT molecular complexity index is 698. The van der Waals surface area contributed by atoms with Crippen molar-refractivity contribution in [1.82, 2.24) is 0 Å². The van der Waals surface area contributed by atoms with Crippen molar-refractivity contribution in [2.75, 3.05) is 0 Å². The van der Waals surface area contributed by atoms with E-state index in [4.69, 9.17) is 0 Å². The number of hydrogen-bond donors (Lipinski definition) is 0. The summed E-state index contributed by atoms with van der Waals surface area (Å²) in [5.74, 6) is 0. The number of halogens is 1. The summed E-state index contributed by atoms with van der Waals surface area (Å²) in [6.45, 7) is 0. The second-order valence-corrected chi connectivity index (χ2v) is 7.55. The van der Waals surface area contributed by atoms with Gasteiger partial charge in [-0.1, -0.05) is 48.5 Å². The molecule has 0 aliphatic carbocycles. The van der Waals surface area contributed by atoms with E-state index in [1.165, 1.54) is 36.4 Å². The van der Waals surface area contributed by atoms with Crippen molar-refractivity contribution in [2.45, 2.75) is 0 Å². The van der Waals surface area contributed by atoms with Crippen molar-refractivity contribution in [2.24, 2.45) is 0 Å². The van der Waals surface area contributed by atoms with Gasteiger partial charge in [-0.3, -0.25) is 0 Å². The van der Waals surface area contributed by atoms with Gasteiger partial charge >= 0.3 is 0 Å². The molecule has 0 radical (unpaired) electrons. The highest BCUT2D eigenvalue weighted by molar-refractivity contribution is 14.1. The molecule has 0 spiro atoms. The third-order valence-corrected chi connectivity index (χ3v) is 4.78. The molecule has 0 heterocycles. The predicted molar refractivity (Wildman–Crippen MR) is 109 cm³/mol. The third kappa shape index (κ3) is 3.72. The lowest BCUT2D eigenvalue weighted by Crippen LogP contribution is -1.91. The average Bonchev–Trinajstić information content (AvgIpc) is 2.48. The zero-order valence-electron chi connectivity index (χ0n) is 11.4. The monoisotopic (exact) mass is 420 g/mol. The van der Waals surface area contributed by atoms with Gasteiger partial charge in [0, 0.05) is 3.57 Å². The first-order valence-electron chi connectivity index (χ1n) is 6.64. The molecule has 104 valence electrons. The fraction of sp³-hybridized carbons (Fsp3) is 0. The second kappa shape index (κ2) is 6.57. The zero-order valence-corrected chi connectivity index (χ0v) is 15.9. The minimum absolute atomic E-state index is 1.21. The van der Waals surface area contributed by atoms with Crippen molar-refractivity contribution < 1.29 is 0 Å². The van der Waals surface area contributed by atoms with Gasteiger partial charge < -0.3 is 0 Å². The van der Waals surface area contributed by atoms with Crippen LogP contribution in [-0.2, 0) is 0 Å². The van der Waals surface area contributed by atoms with E-state index in [-0.39, 0.29) is 0 Å². The van der Waals surface area contributed by atoms with E-state index in [2.05, 4.69) is 108 Å². The van der Waals surface area contributed by atoms with Gasteiger partial charge in [0.1, 0.15) is 0 Å². The molecule has 3 aromatic carbocycles. The fourth-order valence-corrected chi connectivity index (χ4v) is 3.33. The Labute approximate surface area is 143 Å². The molecule has 0 aromatic heterocycles. The Morgan fingerprint density at radius 3 is 1.29 bits per heavy atom. The largest absolute Gasteiger partial charge is 0.106 e. The second-order valence-electron chi connectivity index (χ2n) is 4.97. The third-order valence-electron chi connectivity index (χ3n) is 3.39. The zero-order chi connectivity index (χ0) is 14.8. The van der Waals surface area contributed by atoms with Crippen LogP contribution in [-0.4, -0.2) is 0 Å². The first-order valence-corrected chi connectivity index (χ1v) is 8.87. The first kappa shape index (κ1) is 15.2. The Morgan fingerprint density at radius 1 is 0.524 bits per heavy atom. The van der Waals surface area contributed by atoms with Crippen LogP contribution in [0.2, 0.25) is 0 Å². The Kier molecular flexibility index (Phi) is 4.74. The Balaban J connectivity index is 2.07. The topological polar surface area (TPSA) is 0 Å². The van der Waals surface area contributed by atoms with Crippen LogP contribution >= 0.6 is 41.1 Å². The standard InChI is InChI=1S/C18H15IP2/c19-16-10-14(12-1-5-17(20)6-2-12)9-15(11-16)13-3-7-18(21)8-4-13/h1-11H,20-21H2. The first-order chi connectivity index (χ1) is 10.1. The highest BCUT2D eigenvalue weighted by Gasteiger charge is 2.04. The minimum Gasteiger partial charge on any atom is -0.106 e. The maximum Gasteiger partial charge on any atom is 0.0142 e. The van der Waals surface area contributed by atoms with E-state index in [1.807, 2.05) is 0 Å². The summed E-state index contributed by atoms with van der Waals surface area (Å²) in [4.78, 5) is 0. The molecule has 0 aliphatic heterocycles. The lowest BCUT2D eigenvalue weighted by molar-refractivity contribution is 1.57. The number of hydrogen-bond acceptors (Lipinski definition) is 0. The summed E-state index contributed by atoms with van der Waals surface area (Å²) in [5.41, 5.74) is 5.03. The predicted octanol–water partition coefficient (Wildman–Crippen LogP) is 4.63. The smallest absolute Gasteiger partial charge is 0.0142 e. The van der Waals surface area contributed by atoms with Gasteiger partial charge in [0.25, 0.3) is 0 Å². The van der Waals surface area contributed by atoms with Crippen LogP contribution in [0.3, 0.4) is 0 Å². The van der Waals surface area contributed by atoms with Gasteiger partial charge in [0.15, 0.2) is 0 Å². The number of benzene rings is 3. The number of rotatable bonds is 2. The maximum absolute atomic E-state index is 2.73. The molecule has 0 nitrogen and oxygen atoms in total. The molecule has 0 saturated heterocycles. The Morgan fingerprint density at radius 2 is 0.905 bits per heavy atom. The molecular formula is C18H15IP2. The Hall–Kier alpha value is -0.750. The van der Waals surface area contributed by atoms with E-state index < -0.39 is 0 Å². The van der Waals surface area contributed by atoms with Crippen molar-refractivity contribution in [3.63, 3.8) is 0 Å². The van der Waals surface area contributed by atoms with Crippen LogP contribution in [0.5, 0.6) is 0 Å². The summed E-state index contributed by atoms with van der Waals surface area (Å²) in [6, 6.07) is 23.9. The van der Waals surface area contributed by atoms with Crippen molar-refractivity contribution in [3.8, 4) is 22.3 Å². The maximum atomic E-state index is 2.73. The van der Waals surface area contributed by atoms with Gasteiger partial charge in [-0.05, 0) is 73.7 Å². The summed E-state index contributed by atoms with van der Waals surface area (Å²) in [7, 11) is 5.45. The minimum atomic E-state index is 1.21. The van der Waals surface area contributed by atoms with Gasteiger partial charge in [-0.15, -0.1) is 18.5 Å². The lowest BCUT2D eigenvalue weighted by Gasteiger charge is -2.08. The van der Waals surface area contributed by atoms with Crippen LogP contribution in [0, 0.1) is 3.57 Å². The lowest BCUT2D eigenvalue weighted by atomic mass is 9.99. The van der Waals surface area contributed by atoms with Crippen molar-refractivity contribution in [3.05, 3.63) is 70.3 Å². The molecular weight excluding hydrogens is 405 g/mol. The molecule has 0 aliphatic rings. The summed E-state index contributed by atoms with van der Waals surface area (Å²) in [5, 5.41) is 2.42. The van der Waals surface area contributed by atoms with E-state index in [0.29, 0.717) is 0 Å². The van der Waals surface area contributed by atoms with Gasteiger partial charge in [0.2, 0.25) is 0 Å². The van der Waals surface area contributed by atoms with Gasteiger partial charge in [-0.2, -0.15) is 0 Å². The van der Waals surface area contributed by atoms with E-state index in [9.17, 15) is 0 Å². The molecule has 3 rings (SSSR count). The van der Waals surface area contributed by atoms with E-state index in [1.54, 1.807) is 0 Å². The average molecular weight is 420 g/mol. The molecule has 0 bridgehead atoms. The highest BCUT2D eigenvalue weighted by atomic mass is 127. The molecule has 2 atom stereocenters. The SMILES string of the molecule is Pc1ccc(-c2cc(I)cc(-c3ccc(P)cc3)c2)cc1. The fourth-order valence-electron chi connectivity index (χ4n) is 2.27. The molecule has 3 heteroatoms. The molecule has 0 amide bonds. The summed E-state index contributed by atoms with van der Waals surface area (Å²) >= 11 is 2.39. The normalized spacial score (nSPS) is 10.6. The molecule has 3 aromatic rings. The molecule has 0 fully saturated rings. The van der Waals surface area contributed by atoms with Crippen LogP contribution in [0.4, 0.5) is 0 Å². The van der Waals surface area contributed by atoms with E-state index >= 15 is 0 Å². The molecule has 0 N–H and O–H groups in total. The molecule has 0 saturated carbocycles. The van der Waals surface area contributed by atoms with Crippen molar-refractivity contribution >= 4 is 51.7 Å². The summed E-state index contributed by atoms with van der Waals surface area (Å²) in [6.07, 6.45) is 0. The van der Waals surface area contributed by atoms with Crippen LogP contribution in [0.25, 0.3) is 22.3 Å². The molecule has 21 heavy (non-hydrogen) atoms. The van der Waals surface area contributed by atoms with Crippen molar-refractivity contribution in [1.29, 1.82) is 0 Å². The summed E-state index contributed by atoms with van der Waals surface area (Å²) < 4.78 is 1.25. The highest BCUT2D eigenvalue weighted by Crippen LogP contribution is 2.28. The quantitative estimate of drug-likeness (QED) is 0.419. The molecule has 2 unspecified atom stereocenters. The van der Waals surface area contributed by atoms with Crippen LogP contribution in [0.15, 0.2) is 66.7 Å².